The number of hydrogen-bond donors (Lipinski definition) is 0. The van der Waals surface area contributed by atoms with Gasteiger partial charge in [-0.15, -0.1) is 0 Å². The second-order valence-electron chi connectivity index (χ2n) is 5.94. The van der Waals surface area contributed by atoms with Gasteiger partial charge in [-0.05, 0) is 45.2 Å². The summed E-state index contributed by atoms with van der Waals surface area (Å²) >= 11 is 0. The molecule has 0 amide bonds. The van der Waals surface area contributed by atoms with Gasteiger partial charge in [-0.3, -0.25) is 0 Å². The molecule has 3 nitrogen and oxygen atoms in total. The summed E-state index contributed by atoms with van der Waals surface area (Å²) in [6.07, 6.45) is 4.78. The van der Waals surface area contributed by atoms with Crippen molar-refractivity contribution in [2.24, 2.45) is 16.7 Å². The largest absolute Gasteiger partial charge is 0.380 e. The van der Waals surface area contributed by atoms with Crippen molar-refractivity contribution in [3.63, 3.8) is 0 Å². The second kappa shape index (κ2) is 3.45. The summed E-state index contributed by atoms with van der Waals surface area (Å²) in [7, 11) is 2.20. The van der Waals surface area contributed by atoms with Gasteiger partial charge >= 0.3 is 0 Å². The average molecular weight is 220 g/mol. The summed E-state index contributed by atoms with van der Waals surface area (Å²) in [5, 5.41) is 9.43. The van der Waals surface area contributed by atoms with E-state index in [0.29, 0.717) is 5.92 Å². The zero-order chi connectivity index (χ0) is 11.2. The van der Waals surface area contributed by atoms with E-state index in [-0.39, 0.29) is 10.8 Å². The lowest BCUT2D eigenvalue weighted by molar-refractivity contribution is -0.184. The van der Waals surface area contributed by atoms with Crippen molar-refractivity contribution in [2.45, 2.75) is 25.7 Å². The lowest BCUT2D eigenvalue weighted by atomic mass is 9.61. The van der Waals surface area contributed by atoms with Gasteiger partial charge in [-0.1, -0.05) is 0 Å². The van der Waals surface area contributed by atoms with E-state index in [2.05, 4.69) is 18.0 Å². The molecule has 3 heteroatoms. The molecule has 1 atom stereocenters. The number of ether oxygens (including phenoxy) is 1. The van der Waals surface area contributed by atoms with Crippen molar-refractivity contribution in [1.82, 2.24) is 4.90 Å². The lowest BCUT2D eigenvalue weighted by Crippen LogP contribution is -2.58. The third-order valence-electron chi connectivity index (χ3n) is 5.04. The van der Waals surface area contributed by atoms with Crippen molar-refractivity contribution in [3.8, 4) is 6.07 Å². The minimum absolute atomic E-state index is 0.0197. The summed E-state index contributed by atoms with van der Waals surface area (Å²) in [6.45, 7) is 4.04. The van der Waals surface area contributed by atoms with Gasteiger partial charge in [-0.2, -0.15) is 5.26 Å². The van der Waals surface area contributed by atoms with Crippen LogP contribution < -0.4 is 0 Å². The van der Waals surface area contributed by atoms with Crippen LogP contribution in [-0.4, -0.2) is 38.3 Å². The number of hydrogen-bond acceptors (Lipinski definition) is 3. The molecule has 16 heavy (non-hydrogen) atoms. The highest BCUT2D eigenvalue weighted by Crippen LogP contribution is 2.65. The number of piperidine rings is 1. The summed E-state index contributed by atoms with van der Waals surface area (Å²) in [5.74, 6) is 0.683. The maximum atomic E-state index is 9.43. The van der Waals surface area contributed by atoms with Crippen molar-refractivity contribution < 1.29 is 4.74 Å². The third-order valence-corrected chi connectivity index (χ3v) is 5.04. The van der Waals surface area contributed by atoms with Crippen LogP contribution in [0.25, 0.3) is 0 Å². The second-order valence-corrected chi connectivity index (χ2v) is 5.94. The quantitative estimate of drug-likeness (QED) is 0.710. The van der Waals surface area contributed by atoms with Crippen LogP contribution in [0.1, 0.15) is 25.7 Å². The van der Waals surface area contributed by atoms with Gasteiger partial charge < -0.3 is 9.64 Å². The van der Waals surface area contributed by atoms with Crippen molar-refractivity contribution in [1.29, 1.82) is 5.26 Å². The summed E-state index contributed by atoms with van der Waals surface area (Å²) < 4.78 is 5.49. The molecule has 1 aliphatic carbocycles. The van der Waals surface area contributed by atoms with E-state index in [1.807, 2.05) is 0 Å². The van der Waals surface area contributed by atoms with Gasteiger partial charge in [-0.25, -0.2) is 0 Å². The van der Waals surface area contributed by atoms with E-state index in [1.54, 1.807) is 0 Å². The Hall–Kier alpha value is -0.590. The fourth-order valence-corrected chi connectivity index (χ4v) is 3.69. The minimum Gasteiger partial charge on any atom is -0.380 e. The molecule has 0 aromatic carbocycles. The highest BCUT2D eigenvalue weighted by molar-refractivity contribution is 5.23. The lowest BCUT2D eigenvalue weighted by Gasteiger charge is -2.53. The molecular formula is C13H20N2O. The van der Waals surface area contributed by atoms with Gasteiger partial charge in [0.15, 0.2) is 0 Å². The Labute approximate surface area is 97.4 Å². The van der Waals surface area contributed by atoms with E-state index >= 15 is 0 Å². The van der Waals surface area contributed by atoms with Gasteiger partial charge in [0.1, 0.15) is 0 Å². The van der Waals surface area contributed by atoms with Gasteiger partial charge in [0.2, 0.25) is 0 Å². The predicted octanol–water partition coefficient (Wildman–Crippen LogP) is 1.65. The van der Waals surface area contributed by atoms with Gasteiger partial charge in [0.25, 0.3) is 0 Å². The molecule has 0 N–H and O–H groups in total. The molecule has 2 aliphatic heterocycles. The summed E-state index contributed by atoms with van der Waals surface area (Å²) in [5.41, 5.74) is 0.185. The number of nitriles is 1. The first-order valence-electron chi connectivity index (χ1n) is 6.40. The molecule has 0 aromatic rings. The fourth-order valence-electron chi connectivity index (χ4n) is 3.69. The molecule has 0 spiro atoms. The maximum absolute atomic E-state index is 9.43. The van der Waals surface area contributed by atoms with Crippen LogP contribution in [0.4, 0.5) is 0 Å². The number of rotatable bonds is 2. The van der Waals surface area contributed by atoms with Crippen molar-refractivity contribution in [3.05, 3.63) is 0 Å². The highest BCUT2D eigenvalue weighted by atomic mass is 16.5. The molecule has 1 unspecified atom stereocenters. The predicted molar refractivity (Wildman–Crippen MR) is 60.8 cm³/mol. The number of nitrogens with zero attached hydrogens (tertiary/aromatic N) is 2. The fraction of sp³-hybridized carbons (Fsp3) is 0.923. The maximum Gasteiger partial charge on any atom is 0.0697 e. The Morgan fingerprint density at radius 2 is 2.12 bits per heavy atom. The van der Waals surface area contributed by atoms with E-state index in [4.69, 9.17) is 4.74 Å². The Morgan fingerprint density at radius 3 is 2.56 bits per heavy atom. The van der Waals surface area contributed by atoms with Crippen LogP contribution in [0.2, 0.25) is 0 Å². The summed E-state index contributed by atoms with van der Waals surface area (Å²) in [4.78, 5) is 2.42. The molecule has 88 valence electrons. The first-order chi connectivity index (χ1) is 7.72. The molecule has 2 heterocycles. The first kappa shape index (κ1) is 10.6. The van der Waals surface area contributed by atoms with Crippen LogP contribution in [0.3, 0.4) is 0 Å². The van der Waals surface area contributed by atoms with E-state index in [0.717, 1.165) is 32.6 Å². The molecule has 1 saturated carbocycles. The first-order valence-corrected chi connectivity index (χ1v) is 6.40. The third kappa shape index (κ3) is 1.26. The molecular weight excluding hydrogens is 200 g/mol. The highest BCUT2D eigenvalue weighted by Gasteiger charge is 2.66. The Kier molecular flexibility index (Phi) is 2.28. The zero-order valence-corrected chi connectivity index (χ0v) is 10.0. The van der Waals surface area contributed by atoms with Crippen molar-refractivity contribution in [2.75, 3.05) is 33.4 Å². The average Bonchev–Trinajstić information content (AvgIpc) is 2.98. The Bertz CT molecular complexity index is 325. The molecule has 0 bridgehead atoms. The van der Waals surface area contributed by atoms with Crippen LogP contribution in [-0.2, 0) is 4.74 Å². The van der Waals surface area contributed by atoms with Crippen LogP contribution in [0, 0.1) is 28.1 Å². The van der Waals surface area contributed by atoms with Gasteiger partial charge in [0.05, 0.1) is 24.7 Å². The van der Waals surface area contributed by atoms with Crippen LogP contribution in [0.5, 0.6) is 0 Å². The topological polar surface area (TPSA) is 36.3 Å². The zero-order valence-electron chi connectivity index (χ0n) is 10.0. The molecule has 0 aromatic heterocycles. The van der Waals surface area contributed by atoms with Crippen LogP contribution in [0.15, 0.2) is 0 Å². The molecule has 0 radical (unpaired) electrons. The van der Waals surface area contributed by atoms with E-state index in [1.165, 1.54) is 19.4 Å². The normalized spacial score (nSPS) is 36.1. The SMILES string of the molecule is CN1CCCC(C2(C3(C#N)CC3)COC2)C1. The standard InChI is InChI=1S/C13H20N2O/c1-15-6-2-3-11(7-15)13(9-16-10-13)12(8-14)4-5-12/h11H,2-7,9-10H2,1H3. The smallest absolute Gasteiger partial charge is 0.0697 e. The molecule has 3 aliphatic rings. The Balaban J connectivity index is 1.82. The van der Waals surface area contributed by atoms with Gasteiger partial charge in [0, 0.05) is 12.0 Å². The van der Waals surface area contributed by atoms with Crippen molar-refractivity contribution >= 4 is 0 Å². The minimum atomic E-state index is -0.0197. The number of likely N-dealkylation sites (tertiary alicyclic amines) is 1. The molecule has 3 fully saturated rings. The molecule has 2 saturated heterocycles. The Morgan fingerprint density at radius 1 is 1.38 bits per heavy atom. The van der Waals surface area contributed by atoms with E-state index < -0.39 is 0 Å². The monoisotopic (exact) mass is 220 g/mol. The summed E-state index contributed by atoms with van der Waals surface area (Å²) in [6, 6.07) is 2.61. The molecule has 3 rings (SSSR count). The van der Waals surface area contributed by atoms with E-state index in [9.17, 15) is 5.26 Å². The van der Waals surface area contributed by atoms with Crippen LogP contribution >= 0.6 is 0 Å².